The normalized spacial score (nSPS) is 17.8. The van der Waals surface area contributed by atoms with Gasteiger partial charge in [-0.2, -0.15) is 4.39 Å². The molecular weight excluding hydrogens is 363 g/mol. The van der Waals surface area contributed by atoms with Crippen molar-refractivity contribution < 1.29 is 9.18 Å². The summed E-state index contributed by atoms with van der Waals surface area (Å²) in [7, 11) is 0. The lowest BCUT2D eigenvalue weighted by molar-refractivity contribution is -0.120. The number of amides is 1. The van der Waals surface area contributed by atoms with Crippen LogP contribution in [0.25, 0.3) is 0 Å². The first kappa shape index (κ1) is 15.9. The van der Waals surface area contributed by atoms with Gasteiger partial charge in [0.15, 0.2) is 0 Å². The summed E-state index contributed by atoms with van der Waals surface area (Å²) in [5.74, 6) is 0.358. The number of hydrogen-bond acceptors (Lipinski definition) is 4. The largest absolute Gasteiger partial charge is 0.356 e. The van der Waals surface area contributed by atoms with Crippen molar-refractivity contribution in [2.45, 2.75) is 12.8 Å². The van der Waals surface area contributed by atoms with Crippen molar-refractivity contribution >= 4 is 33.5 Å². The minimum atomic E-state index is -0.506. The van der Waals surface area contributed by atoms with Crippen LogP contribution in [0.15, 0.2) is 41.0 Å². The Hall–Kier alpha value is -2.02. The fourth-order valence-electron chi connectivity index (χ4n) is 2.65. The van der Waals surface area contributed by atoms with E-state index in [2.05, 4.69) is 31.2 Å². The zero-order valence-corrected chi connectivity index (χ0v) is 14.0. The van der Waals surface area contributed by atoms with Gasteiger partial charge < -0.3 is 10.2 Å². The fraction of sp³-hybridized carbons (Fsp3) is 0.312. The predicted octanol–water partition coefficient (Wildman–Crippen LogP) is 3.23. The SMILES string of the molecule is O=C(Nc1ccc(Br)cn1)C1CCCN(c2cccc(F)n2)C1. The molecule has 0 radical (unpaired) electrons. The number of halogens is 2. The number of carbonyl (C=O) groups is 1. The summed E-state index contributed by atoms with van der Waals surface area (Å²) in [6, 6.07) is 8.28. The summed E-state index contributed by atoms with van der Waals surface area (Å²) in [5, 5.41) is 2.83. The van der Waals surface area contributed by atoms with E-state index >= 15 is 0 Å². The molecule has 2 aromatic heterocycles. The van der Waals surface area contributed by atoms with Gasteiger partial charge in [0.2, 0.25) is 11.9 Å². The molecule has 1 atom stereocenters. The number of piperidine rings is 1. The molecule has 1 aliphatic rings. The first-order valence-electron chi connectivity index (χ1n) is 7.42. The van der Waals surface area contributed by atoms with Crippen LogP contribution < -0.4 is 10.2 Å². The van der Waals surface area contributed by atoms with Gasteiger partial charge in [-0.25, -0.2) is 9.97 Å². The number of carbonyl (C=O) groups excluding carboxylic acids is 1. The number of hydrogen-bond donors (Lipinski definition) is 1. The van der Waals surface area contributed by atoms with Crippen LogP contribution in [0.1, 0.15) is 12.8 Å². The molecule has 1 N–H and O–H groups in total. The monoisotopic (exact) mass is 378 g/mol. The van der Waals surface area contributed by atoms with Gasteiger partial charge in [0, 0.05) is 23.8 Å². The Balaban J connectivity index is 1.65. The molecule has 1 amide bonds. The van der Waals surface area contributed by atoms with E-state index in [1.165, 1.54) is 6.07 Å². The van der Waals surface area contributed by atoms with E-state index in [-0.39, 0.29) is 11.8 Å². The highest BCUT2D eigenvalue weighted by molar-refractivity contribution is 9.10. The average Bonchev–Trinajstić information content (AvgIpc) is 2.57. The maximum Gasteiger partial charge on any atom is 0.230 e. The number of nitrogens with zero attached hydrogens (tertiary/aromatic N) is 3. The summed E-state index contributed by atoms with van der Waals surface area (Å²) in [6.07, 6.45) is 3.30. The summed E-state index contributed by atoms with van der Waals surface area (Å²) in [6.45, 7) is 1.30. The van der Waals surface area contributed by atoms with Crippen LogP contribution >= 0.6 is 15.9 Å². The van der Waals surface area contributed by atoms with Crippen LogP contribution in [0.4, 0.5) is 16.0 Å². The standard InChI is InChI=1S/C16H16BrFN4O/c17-12-6-7-14(19-9-12)21-16(23)11-3-2-8-22(10-11)15-5-1-4-13(18)20-15/h1,4-7,9,11H,2-3,8,10H2,(H,19,21,23). The Morgan fingerprint density at radius 1 is 1.35 bits per heavy atom. The van der Waals surface area contributed by atoms with Crippen LogP contribution in [-0.2, 0) is 4.79 Å². The smallest absolute Gasteiger partial charge is 0.230 e. The molecule has 7 heteroatoms. The van der Waals surface area contributed by atoms with Gasteiger partial charge in [0.1, 0.15) is 11.6 Å². The number of aromatic nitrogens is 2. The summed E-state index contributed by atoms with van der Waals surface area (Å²) in [4.78, 5) is 22.4. The minimum Gasteiger partial charge on any atom is -0.356 e. The molecule has 0 saturated carbocycles. The van der Waals surface area contributed by atoms with Crippen LogP contribution in [-0.4, -0.2) is 29.0 Å². The molecule has 1 fully saturated rings. The minimum absolute atomic E-state index is 0.0686. The molecule has 0 bridgehead atoms. The molecule has 5 nitrogen and oxygen atoms in total. The van der Waals surface area contributed by atoms with Gasteiger partial charge in [-0.1, -0.05) is 6.07 Å². The van der Waals surface area contributed by atoms with E-state index in [4.69, 9.17) is 0 Å². The summed E-state index contributed by atoms with van der Waals surface area (Å²) in [5.41, 5.74) is 0. The van der Waals surface area contributed by atoms with Crippen molar-refractivity contribution in [1.82, 2.24) is 9.97 Å². The summed E-state index contributed by atoms with van der Waals surface area (Å²) >= 11 is 3.31. The zero-order chi connectivity index (χ0) is 16.2. The first-order chi connectivity index (χ1) is 11.1. The molecule has 3 rings (SSSR count). The van der Waals surface area contributed by atoms with Crippen molar-refractivity contribution in [3.05, 3.63) is 46.9 Å². The fourth-order valence-corrected chi connectivity index (χ4v) is 2.89. The van der Waals surface area contributed by atoms with E-state index in [1.807, 2.05) is 11.0 Å². The highest BCUT2D eigenvalue weighted by Gasteiger charge is 2.26. The third-order valence-electron chi connectivity index (χ3n) is 3.80. The van der Waals surface area contributed by atoms with Crippen molar-refractivity contribution in [3.63, 3.8) is 0 Å². The molecule has 1 unspecified atom stereocenters. The lowest BCUT2D eigenvalue weighted by Gasteiger charge is -2.32. The molecule has 1 aliphatic heterocycles. The Morgan fingerprint density at radius 3 is 2.96 bits per heavy atom. The molecule has 3 heterocycles. The van der Waals surface area contributed by atoms with E-state index in [0.717, 1.165) is 23.9 Å². The van der Waals surface area contributed by atoms with Crippen LogP contribution in [0.5, 0.6) is 0 Å². The third-order valence-corrected chi connectivity index (χ3v) is 4.26. The van der Waals surface area contributed by atoms with E-state index in [9.17, 15) is 9.18 Å². The second kappa shape index (κ2) is 7.04. The topological polar surface area (TPSA) is 58.1 Å². The Bertz CT molecular complexity index is 695. The first-order valence-corrected chi connectivity index (χ1v) is 8.21. The van der Waals surface area contributed by atoms with Gasteiger partial charge in [-0.15, -0.1) is 0 Å². The van der Waals surface area contributed by atoms with Gasteiger partial charge in [0.05, 0.1) is 5.92 Å². The van der Waals surface area contributed by atoms with Crippen LogP contribution in [0.2, 0.25) is 0 Å². The van der Waals surface area contributed by atoms with Gasteiger partial charge in [0.25, 0.3) is 0 Å². The second-order valence-corrected chi connectivity index (χ2v) is 6.37. The van der Waals surface area contributed by atoms with Crippen molar-refractivity contribution in [2.24, 2.45) is 5.92 Å². The van der Waals surface area contributed by atoms with Crippen LogP contribution in [0, 0.1) is 11.9 Å². The number of rotatable bonds is 3. The number of pyridine rings is 2. The Morgan fingerprint density at radius 2 is 2.22 bits per heavy atom. The van der Waals surface area contributed by atoms with Crippen LogP contribution in [0.3, 0.4) is 0 Å². The van der Waals surface area contributed by atoms with Crippen molar-refractivity contribution in [3.8, 4) is 0 Å². The Labute approximate surface area is 142 Å². The number of nitrogens with one attached hydrogen (secondary N) is 1. The van der Waals surface area contributed by atoms with Gasteiger partial charge >= 0.3 is 0 Å². The van der Waals surface area contributed by atoms with E-state index in [0.29, 0.717) is 18.2 Å². The van der Waals surface area contributed by atoms with Gasteiger partial charge in [-0.05, 0) is 53.0 Å². The highest BCUT2D eigenvalue weighted by Crippen LogP contribution is 2.23. The average molecular weight is 379 g/mol. The zero-order valence-electron chi connectivity index (χ0n) is 12.4. The van der Waals surface area contributed by atoms with Crippen molar-refractivity contribution in [1.29, 1.82) is 0 Å². The van der Waals surface area contributed by atoms with Gasteiger partial charge in [-0.3, -0.25) is 4.79 Å². The molecular formula is C16H16BrFN4O. The quantitative estimate of drug-likeness (QED) is 0.832. The Kier molecular flexibility index (Phi) is 4.85. The molecule has 120 valence electrons. The maximum absolute atomic E-state index is 13.3. The lowest BCUT2D eigenvalue weighted by atomic mass is 9.97. The third kappa shape index (κ3) is 4.04. The predicted molar refractivity (Wildman–Crippen MR) is 89.7 cm³/mol. The van der Waals surface area contributed by atoms with E-state index in [1.54, 1.807) is 24.4 Å². The van der Waals surface area contributed by atoms with E-state index < -0.39 is 5.95 Å². The second-order valence-electron chi connectivity index (χ2n) is 5.45. The van der Waals surface area contributed by atoms with Crippen molar-refractivity contribution in [2.75, 3.05) is 23.3 Å². The highest BCUT2D eigenvalue weighted by atomic mass is 79.9. The lowest BCUT2D eigenvalue weighted by Crippen LogP contribution is -2.41. The molecule has 0 aliphatic carbocycles. The molecule has 23 heavy (non-hydrogen) atoms. The number of anilines is 2. The molecule has 0 aromatic carbocycles. The molecule has 1 saturated heterocycles. The summed E-state index contributed by atoms with van der Waals surface area (Å²) < 4.78 is 14.1. The molecule has 2 aromatic rings. The molecule has 0 spiro atoms. The maximum atomic E-state index is 13.3.